The van der Waals surface area contributed by atoms with Crippen LogP contribution in [0.1, 0.15) is 5.56 Å². The highest BCUT2D eigenvalue weighted by Crippen LogP contribution is 2.03. The predicted molar refractivity (Wildman–Crippen MR) is 93.6 cm³/mol. The van der Waals surface area contributed by atoms with Gasteiger partial charge in [0.2, 0.25) is 0 Å². The second-order valence-electron chi connectivity index (χ2n) is 5.24. The quantitative estimate of drug-likeness (QED) is 0.475. The molecule has 0 aliphatic heterocycles. The highest BCUT2D eigenvalue weighted by Gasteiger charge is 2.15. The minimum atomic E-state index is -0.380. The number of hydrogen-bond donors (Lipinski definition) is 0. The first-order valence-electron chi connectivity index (χ1n) is 8.37. The molecule has 0 aliphatic carbocycles. The zero-order valence-electron chi connectivity index (χ0n) is 15.1. The van der Waals surface area contributed by atoms with Gasteiger partial charge in [0, 0.05) is 27.3 Å². The van der Waals surface area contributed by atoms with Gasteiger partial charge >= 0.3 is 6.09 Å². The zero-order chi connectivity index (χ0) is 18.2. The lowest BCUT2D eigenvalue weighted by Gasteiger charge is -2.22. The van der Waals surface area contributed by atoms with Crippen LogP contribution in [0.3, 0.4) is 0 Å². The van der Waals surface area contributed by atoms with Crippen molar-refractivity contribution in [2.75, 3.05) is 67.0 Å². The Balaban J connectivity index is 2.36. The van der Waals surface area contributed by atoms with Gasteiger partial charge < -0.3 is 28.6 Å². The van der Waals surface area contributed by atoms with Gasteiger partial charge in [0.25, 0.3) is 0 Å². The van der Waals surface area contributed by atoms with E-state index >= 15 is 0 Å². The van der Waals surface area contributed by atoms with Crippen LogP contribution in [0.5, 0.6) is 0 Å². The van der Waals surface area contributed by atoms with Gasteiger partial charge in [0.05, 0.1) is 39.6 Å². The maximum atomic E-state index is 12.3. The molecule has 7 heteroatoms. The fourth-order valence-electron chi connectivity index (χ4n) is 1.94. The third-order valence-corrected chi connectivity index (χ3v) is 3.34. The Labute approximate surface area is 149 Å². The summed E-state index contributed by atoms with van der Waals surface area (Å²) in [5.74, 6) is 0. The number of rotatable bonds is 14. The molecule has 0 unspecified atom stereocenters. The second kappa shape index (κ2) is 14.7. The summed E-state index contributed by atoms with van der Waals surface area (Å²) in [7, 11) is 3.24. The van der Waals surface area contributed by atoms with E-state index in [1.807, 2.05) is 30.3 Å². The smallest absolute Gasteiger partial charge is 0.410 e. The van der Waals surface area contributed by atoms with Crippen LogP contribution in [-0.2, 0) is 30.3 Å². The molecular weight excluding hydrogens is 326 g/mol. The van der Waals surface area contributed by atoms with Crippen LogP contribution >= 0.6 is 0 Å². The molecule has 0 atom stereocenters. The standard InChI is InChI=1S/C18H29NO6/c1-21-12-14-23-10-8-19(9-11-24-15-13-22-2)18(20)25-16-17-6-4-3-5-7-17/h3-7H,8-16H2,1-2H3. The largest absolute Gasteiger partial charge is 0.445 e. The SMILES string of the molecule is COCCOCCN(CCOCCOC)C(=O)OCc1ccccc1. The van der Waals surface area contributed by atoms with Crippen LogP contribution in [0, 0.1) is 0 Å². The molecule has 7 nitrogen and oxygen atoms in total. The molecule has 1 rings (SSSR count). The summed E-state index contributed by atoms with van der Waals surface area (Å²) in [5.41, 5.74) is 0.948. The van der Waals surface area contributed by atoms with Crippen LogP contribution < -0.4 is 0 Å². The predicted octanol–water partition coefficient (Wildman–Crippen LogP) is 1.95. The normalized spacial score (nSPS) is 10.6. The molecule has 0 N–H and O–H groups in total. The Morgan fingerprint density at radius 1 is 0.840 bits per heavy atom. The topological polar surface area (TPSA) is 66.5 Å². The summed E-state index contributed by atoms with van der Waals surface area (Å²) < 4.78 is 26.1. The highest BCUT2D eigenvalue weighted by atomic mass is 16.6. The summed E-state index contributed by atoms with van der Waals surface area (Å²) in [6.07, 6.45) is -0.380. The maximum absolute atomic E-state index is 12.3. The van der Waals surface area contributed by atoms with E-state index in [1.54, 1.807) is 19.1 Å². The zero-order valence-corrected chi connectivity index (χ0v) is 15.1. The van der Waals surface area contributed by atoms with Gasteiger partial charge in [-0.15, -0.1) is 0 Å². The van der Waals surface area contributed by atoms with Crippen molar-refractivity contribution in [3.05, 3.63) is 35.9 Å². The molecule has 25 heavy (non-hydrogen) atoms. The number of ether oxygens (including phenoxy) is 5. The van der Waals surface area contributed by atoms with Crippen LogP contribution in [-0.4, -0.2) is 77.9 Å². The summed E-state index contributed by atoms with van der Waals surface area (Å²) in [6.45, 7) is 3.99. The van der Waals surface area contributed by atoms with Gasteiger partial charge in [-0.2, -0.15) is 0 Å². The summed E-state index contributed by atoms with van der Waals surface area (Å²) in [6, 6.07) is 9.58. The molecule has 0 radical (unpaired) electrons. The van der Waals surface area contributed by atoms with Gasteiger partial charge in [0.15, 0.2) is 0 Å². The number of nitrogens with zero attached hydrogens (tertiary/aromatic N) is 1. The number of carbonyl (C=O) groups excluding carboxylic acids is 1. The molecule has 0 saturated heterocycles. The number of hydrogen-bond acceptors (Lipinski definition) is 6. The van der Waals surface area contributed by atoms with Crippen molar-refractivity contribution in [2.45, 2.75) is 6.61 Å². The highest BCUT2D eigenvalue weighted by molar-refractivity contribution is 5.67. The lowest BCUT2D eigenvalue weighted by atomic mass is 10.2. The average Bonchev–Trinajstić information content (AvgIpc) is 2.65. The second-order valence-corrected chi connectivity index (χ2v) is 5.24. The lowest BCUT2D eigenvalue weighted by Crippen LogP contribution is -2.37. The van der Waals surface area contributed by atoms with E-state index in [0.29, 0.717) is 52.7 Å². The maximum Gasteiger partial charge on any atom is 0.410 e. The van der Waals surface area contributed by atoms with Crippen molar-refractivity contribution in [1.29, 1.82) is 0 Å². The van der Waals surface area contributed by atoms with Gasteiger partial charge in [-0.25, -0.2) is 4.79 Å². The minimum absolute atomic E-state index is 0.241. The van der Waals surface area contributed by atoms with E-state index in [4.69, 9.17) is 23.7 Å². The number of amides is 1. The molecular formula is C18H29NO6. The van der Waals surface area contributed by atoms with Crippen molar-refractivity contribution in [3.8, 4) is 0 Å². The lowest BCUT2D eigenvalue weighted by molar-refractivity contribution is 0.0307. The summed E-state index contributed by atoms with van der Waals surface area (Å²) in [4.78, 5) is 13.9. The first kappa shape index (κ1) is 21.4. The van der Waals surface area contributed by atoms with E-state index < -0.39 is 0 Å². The number of benzene rings is 1. The molecule has 1 aromatic rings. The van der Waals surface area contributed by atoms with Gasteiger partial charge in [0.1, 0.15) is 6.61 Å². The van der Waals surface area contributed by atoms with E-state index in [-0.39, 0.29) is 12.7 Å². The third kappa shape index (κ3) is 10.7. The molecule has 0 bridgehead atoms. The minimum Gasteiger partial charge on any atom is -0.445 e. The van der Waals surface area contributed by atoms with E-state index in [9.17, 15) is 4.79 Å². The Hall–Kier alpha value is -1.67. The molecule has 0 aliphatic rings. The number of methoxy groups -OCH3 is 2. The molecule has 0 spiro atoms. The van der Waals surface area contributed by atoms with Crippen molar-refractivity contribution < 1.29 is 28.5 Å². The first-order chi connectivity index (χ1) is 12.3. The monoisotopic (exact) mass is 355 g/mol. The fraction of sp³-hybridized carbons (Fsp3) is 0.611. The molecule has 0 aromatic heterocycles. The fourth-order valence-corrected chi connectivity index (χ4v) is 1.94. The third-order valence-electron chi connectivity index (χ3n) is 3.34. The van der Waals surface area contributed by atoms with E-state index in [2.05, 4.69) is 0 Å². The van der Waals surface area contributed by atoms with E-state index in [1.165, 1.54) is 0 Å². The Kier molecular flexibility index (Phi) is 12.5. The Morgan fingerprint density at radius 2 is 1.40 bits per heavy atom. The van der Waals surface area contributed by atoms with Gasteiger partial charge in [-0.3, -0.25) is 0 Å². The van der Waals surface area contributed by atoms with Crippen molar-refractivity contribution in [3.63, 3.8) is 0 Å². The molecule has 0 fully saturated rings. The number of carbonyl (C=O) groups is 1. The van der Waals surface area contributed by atoms with Gasteiger partial charge in [-0.1, -0.05) is 30.3 Å². The molecule has 1 aromatic carbocycles. The summed E-state index contributed by atoms with van der Waals surface area (Å²) in [5, 5.41) is 0. The molecule has 1 amide bonds. The molecule has 142 valence electrons. The van der Waals surface area contributed by atoms with Crippen LogP contribution in [0.25, 0.3) is 0 Å². The summed E-state index contributed by atoms with van der Waals surface area (Å²) >= 11 is 0. The van der Waals surface area contributed by atoms with Crippen molar-refractivity contribution in [2.24, 2.45) is 0 Å². The molecule has 0 heterocycles. The van der Waals surface area contributed by atoms with E-state index in [0.717, 1.165) is 5.56 Å². The first-order valence-corrected chi connectivity index (χ1v) is 8.37. The van der Waals surface area contributed by atoms with Crippen LogP contribution in [0.15, 0.2) is 30.3 Å². The average molecular weight is 355 g/mol. The van der Waals surface area contributed by atoms with Crippen molar-refractivity contribution in [1.82, 2.24) is 4.90 Å². The van der Waals surface area contributed by atoms with Gasteiger partial charge in [-0.05, 0) is 5.56 Å². The van der Waals surface area contributed by atoms with Crippen LogP contribution in [0.2, 0.25) is 0 Å². The Morgan fingerprint density at radius 3 is 1.92 bits per heavy atom. The molecule has 0 saturated carbocycles. The van der Waals surface area contributed by atoms with Crippen LogP contribution in [0.4, 0.5) is 4.79 Å². The van der Waals surface area contributed by atoms with Crippen molar-refractivity contribution >= 4 is 6.09 Å². The Bertz CT molecular complexity index is 428.